The zero-order valence-electron chi connectivity index (χ0n) is 14.5. The van der Waals surface area contributed by atoms with Gasteiger partial charge in [0.25, 0.3) is 0 Å². The number of aryl methyl sites for hydroxylation is 2. The molecule has 26 heavy (non-hydrogen) atoms. The van der Waals surface area contributed by atoms with Crippen LogP contribution in [0.4, 0.5) is 0 Å². The highest BCUT2D eigenvalue weighted by Crippen LogP contribution is 2.34. The maximum absolute atomic E-state index is 4.81. The molecule has 0 unspecified atom stereocenters. The molecule has 3 aromatic carbocycles. The minimum absolute atomic E-state index is 1.06. The highest BCUT2D eigenvalue weighted by Gasteiger charge is 2.09. The zero-order valence-corrected chi connectivity index (χ0v) is 16.1. The van der Waals surface area contributed by atoms with Gasteiger partial charge in [0, 0.05) is 5.56 Å². The highest BCUT2D eigenvalue weighted by molar-refractivity contribution is 7.21. The van der Waals surface area contributed by atoms with Crippen LogP contribution in [0.15, 0.2) is 60.7 Å². The summed E-state index contributed by atoms with van der Waals surface area (Å²) >= 11 is 3.50. The number of aromatic nitrogens is 2. The molecule has 5 rings (SSSR count). The minimum atomic E-state index is 1.06. The fourth-order valence-electron chi connectivity index (χ4n) is 3.14. The fourth-order valence-corrected chi connectivity index (χ4v) is 5.02. The maximum Gasteiger partial charge on any atom is 0.124 e. The smallest absolute Gasteiger partial charge is 0.124 e. The number of nitrogens with zero attached hydrogens (tertiary/aromatic N) is 2. The molecule has 2 nitrogen and oxygen atoms in total. The van der Waals surface area contributed by atoms with Crippen molar-refractivity contribution >= 4 is 43.1 Å². The molecule has 0 saturated carbocycles. The molecule has 0 aliphatic heterocycles. The summed E-state index contributed by atoms with van der Waals surface area (Å²) in [5.41, 5.74) is 7.05. The number of rotatable bonds is 2. The van der Waals surface area contributed by atoms with E-state index in [2.05, 4.69) is 79.5 Å². The molecule has 0 atom stereocenters. The lowest BCUT2D eigenvalue weighted by molar-refractivity contribution is 1.35. The van der Waals surface area contributed by atoms with E-state index in [1.165, 1.54) is 31.7 Å². The van der Waals surface area contributed by atoms with Crippen molar-refractivity contribution in [3.63, 3.8) is 0 Å². The average molecular weight is 373 g/mol. The molecule has 4 heteroatoms. The van der Waals surface area contributed by atoms with E-state index in [-0.39, 0.29) is 0 Å². The van der Waals surface area contributed by atoms with Crippen LogP contribution >= 0.6 is 22.7 Å². The summed E-state index contributed by atoms with van der Waals surface area (Å²) in [6.45, 7) is 4.16. The molecule has 0 bridgehead atoms. The average Bonchev–Trinajstić information content (AvgIpc) is 3.23. The Hall–Kier alpha value is -2.56. The van der Waals surface area contributed by atoms with Crippen LogP contribution in [-0.4, -0.2) is 9.97 Å². The number of benzene rings is 3. The number of hydrogen-bond donors (Lipinski definition) is 0. The SMILES string of the molecule is Cc1ccc(-c2nc3ccc(-c4ccc5nc(C)sc5c4)cc3s2)cc1. The molecular weight excluding hydrogens is 356 g/mol. The summed E-state index contributed by atoms with van der Waals surface area (Å²) in [6, 6.07) is 21.6. The van der Waals surface area contributed by atoms with Crippen LogP contribution in [-0.2, 0) is 0 Å². The topological polar surface area (TPSA) is 25.8 Å². The van der Waals surface area contributed by atoms with Gasteiger partial charge in [-0.15, -0.1) is 22.7 Å². The molecule has 0 fully saturated rings. The second-order valence-electron chi connectivity index (χ2n) is 6.48. The van der Waals surface area contributed by atoms with Crippen LogP contribution in [0.2, 0.25) is 0 Å². The Labute approximate surface area is 159 Å². The first kappa shape index (κ1) is 15.7. The number of fused-ring (bicyclic) bond motifs is 2. The molecule has 0 spiro atoms. The molecule has 0 aliphatic carbocycles. The Kier molecular flexibility index (Phi) is 3.62. The lowest BCUT2D eigenvalue weighted by Gasteiger charge is -2.01. The largest absolute Gasteiger partial charge is 0.242 e. The van der Waals surface area contributed by atoms with Crippen molar-refractivity contribution < 1.29 is 0 Å². The Bertz CT molecular complexity index is 1250. The van der Waals surface area contributed by atoms with E-state index in [1.807, 2.05) is 0 Å². The van der Waals surface area contributed by atoms with Crippen LogP contribution in [0, 0.1) is 13.8 Å². The van der Waals surface area contributed by atoms with Gasteiger partial charge in [0.1, 0.15) is 5.01 Å². The summed E-state index contributed by atoms with van der Waals surface area (Å²) < 4.78 is 2.46. The minimum Gasteiger partial charge on any atom is -0.242 e. The maximum atomic E-state index is 4.81. The lowest BCUT2D eigenvalue weighted by Crippen LogP contribution is -1.78. The fraction of sp³-hybridized carbons (Fsp3) is 0.0909. The van der Waals surface area contributed by atoms with Gasteiger partial charge in [0.15, 0.2) is 0 Å². The van der Waals surface area contributed by atoms with Crippen LogP contribution in [0.1, 0.15) is 10.6 Å². The summed E-state index contributed by atoms with van der Waals surface area (Å²) in [7, 11) is 0. The van der Waals surface area contributed by atoms with E-state index in [9.17, 15) is 0 Å². The second kappa shape index (κ2) is 6.01. The van der Waals surface area contributed by atoms with Gasteiger partial charge < -0.3 is 0 Å². The van der Waals surface area contributed by atoms with Crippen molar-refractivity contribution in [1.82, 2.24) is 9.97 Å². The predicted molar refractivity (Wildman–Crippen MR) is 113 cm³/mol. The molecular formula is C22H16N2S2. The molecule has 2 aromatic heterocycles. The van der Waals surface area contributed by atoms with E-state index in [4.69, 9.17) is 4.98 Å². The van der Waals surface area contributed by atoms with Crippen LogP contribution in [0.5, 0.6) is 0 Å². The summed E-state index contributed by atoms with van der Waals surface area (Å²) in [6.07, 6.45) is 0. The number of hydrogen-bond acceptors (Lipinski definition) is 4. The third-order valence-electron chi connectivity index (χ3n) is 4.52. The first-order chi connectivity index (χ1) is 12.7. The number of thiazole rings is 2. The monoisotopic (exact) mass is 372 g/mol. The van der Waals surface area contributed by atoms with Gasteiger partial charge >= 0.3 is 0 Å². The molecule has 0 aliphatic rings. The van der Waals surface area contributed by atoms with Gasteiger partial charge in [-0.2, -0.15) is 0 Å². The zero-order chi connectivity index (χ0) is 17.7. The van der Waals surface area contributed by atoms with Gasteiger partial charge in [-0.3, -0.25) is 0 Å². The molecule has 0 radical (unpaired) electrons. The Morgan fingerprint density at radius 1 is 0.615 bits per heavy atom. The molecule has 126 valence electrons. The second-order valence-corrected chi connectivity index (χ2v) is 8.75. The van der Waals surface area contributed by atoms with Crippen molar-refractivity contribution in [2.45, 2.75) is 13.8 Å². The molecule has 5 aromatic rings. The highest BCUT2D eigenvalue weighted by atomic mass is 32.1. The van der Waals surface area contributed by atoms with Crippen LogP contribution < -0.4 is 0 Å². The molecule has 0 N–H and O–H groups in total. The Balaban J connectivity index is 1.59. The first-order valence-corrected chi connectivity index (χ1v) is 10.1. The third kappa shape index (κ3) is 2.71. The van der Waals surface area contributed by atoms with E-state index in [0.717, 1.165) is 21.0 Å². The van der Waals surface area contributed by atoms with E-state index < -0.39 is 0 Å². The first-order valence-electron chi connectivity index (χ1n) is 8.51. The molecule has 2 heterocycles. The van der Waals surface area contributed by atoms with Gasteiger partial charge in [-0.05, 0) is 49.2 Å². The summed E-state index contributed by atoms with van der Waals surface area (Å²) in [4.78, 5) is 9.36. The predicted octanol–water partition coefficient (Wildman–Crippen LogP) is 6.86. The van der Waals surface area contributed by atoms with Gasteiger partial charge in [-0.25, -0.2) is 9.97 Å². The van der Waals surface area contributed by atoms with Crippen LogP contribution in [0.25, 0.3) is 42.1 Å². The van der Waals surface area contributed by atoms with E-state index in [1.54, 1.807) is 22.7 Å². The van der Waals surface area contributed by atoms with Gasteiger partial charge in [0.05, 0.1) is 25.4 Å². The van der Waals surface area contributed by atoms with Crippen molar-refractivity contribution in [1.29, 1.82) is 0 Å². The standard InChI is InChI=1S/C22H16N2S2/c1-13-3-5-15(6-4-13)22-24-19-10-8-17(12-21(19)26-22)16-7-9-18-20(11-16)25-14(2)23-18/h3-12H,1-2H3. The van der Waals surface area contributed by atoms with Crippen molar-refractivity contribution in [3.05, 3.63) is 71.2 Å². The third-order valence-corrected chi connectivity index (χ3v) is 6.52. The lowest BCUT2D eigenvalue weighted by atomic mass is 10.1. The molecule has 0 saturated heterocycles. The summed E-state index contributed by atoms with van der Waals surface area (Å²) in [5, 5.41) is 2.18. The van der Waals surface area contributed by atoms with Crippen LogP contribution in [0.3, 0.4) is 0 Å². The van der Waals surface area contributed by atoms with Crippen molar-refractivity contribution in [2.75, 3.05) is 0 Å². The normalized spacial score (nSPS) is 11.5. The van der Waals surface area contributed by atoms with Crippen molar-refractivity contribution in [3.8, 4) is 21.7 Å². The van der Waals surface area contributed by atoms with Gasteiger partial charge in [-0.1, -0.05) is 42.0 Å². The molecule has 0 amide bonds. The Morgan fingerprint density at radius 2 is 1.19 bits per heavy atom. The van der Waals surface area contributed by atoms with Gasteiger partial charge in [0.2, 0.25) is 0 Å². The quantitative estimate of drug-likeness (QED) is 0.338. The van der Waals surface area contributed by atoms with Crippen molar-refractivity contribution in [2.24, 2.45) is 0 Å². The Morgan fingerprint density at radius 3 is 1.88 bits per heavy atom. The van der Waals surface area contributed by atoms with E-state index in [0.29, 0.717) is 0 Å². The summed E-state index contributed by atoms with van der Waals surface area (Å²) in [5.74, 6) is 0. The van der Waals surface area contributed by atoms with E-state index >= 15 is 0 Å².